The standard InChI is InChI=1S/C82H151NO10/c1-3-5-7-9-11-13-15-16-17-44-47-50-54-58-62-66-70-78(87)91-71-67-63-59-55-51-48-45-42-40-38-36-34-32-30-28-26-24-22-20-18-19-21-23-25-27-29-31-33-35-37-39-41-43-46-49-53-57-61-65-69-77(86)83-74(73-92-82-81(90)80(89)79(88)76(72-84)93-82)75(85)68-64-60-56-52-14-12-10-8-6-4-2/h6,8,14,18-19,22,24,52,64,68,74-76,79-82,84-85,88-90H,3-5,7,9-13,15-17,20-21,23,25-51,53-63,65-67,69-73H2,1-2H3,(H,83,86)/b8-6+,19-18-,24-22-,52-14+,68-64+. The lowest BCUT2D eigenvalue weighted by Crippen LogP contribution is -2.60. The van der Waals surface area contributed by atoms with Gasteiger partial charge in [-0.3, -0.25) is 9.59 Å². The van der Waals surface area contributed by atoms with Crippen LogP contribution in [0.15, 0.2) is 60.8 Å². The van der Waals surface area contributed by atoms with Crippen molar-refractivity contribution in [3.05, 3.63) is 60.8 Å². The predicted molar refractivity (Wildman–Crippen MR) is 393 cm³/mol. The third-order valence-electron chi connectivity index (χ3n) is 18.8. The number of allylic oxidation sites excluding steroid dienone is 9. The molecule has 0 spiro atoms. The van der Waals surface area contributed by atoms with E-state index in [4.69, 9.17) is 14.2 Å². The summed E-state index contributed by atoms with van der Waals surface area (Å²) in [6.45, 7) is 4.25. The Kier molecular flexibility index (Phi) is 67.2. The molecule has 0 aliphatic carbocycles. The lowest BCUT2D eigenvalue weighted by molar-refractivity contribution is -0.302. The number of hydrogen-bond acceptors (Lipinski definition) is 10. The van der Waals surface area contributed by atoms with E-state index in [-0.39, 0.29) is 18.5 Å². The summed E-state index contributed by atoms with van der Waals surface area (Å²) in [4.78, 5) is 25.1. The van der Waals surface area contributed by atoms with E-state index >= 15 is 0 Å². The summed E-state index contributed by atoms with van der Waals surface area (Å²) >= 11 is 0. The number of esters is 1. The second-order valence-electron chi connectivity index (χ2n) is 27.7. The number of carbonyl (C=O) groups excluding carboxylic acids is 2. The van der Waals surface area contributed by atoms with Crippen LogP contribution in [0, 0.1) is 0 Å². The van der Waals surface area contributed by atoms with Gasteiger partial charge in [-0.15, -0.1) is 0 Å². The highest BCUT2D eigenvalue weighted by Crippen LogP contribution is 2.24. The molecule has 0 aromatic carbocycles. The number of ether oxygens (including phenoxy) is 3. The van der Waals surface area contributed by atoms with Crippen molar-refractivity contribution in [2.45, 2.75) is 429 Å². The van der Waals surface area contributed by atoms with Crippen molar-refractivity contribution < 1.29 is 49.3 Å². The van der Waals surface area contributed by atoms with Gasteiger partial charge in [0.25, 0.3) is 0 Å². The number of unbranched alkanes of at least 4 members (excludes halogenated alkanes) is 49. The summed E-state index contributed by atoms with van der Waals surface area (Å²) in [5, 5.41) is 54.3. The lowest BCUT2D eigenvalue weighted by atomic mass is 9.99. The molecule has 1 rings (SSSR count). The number of rotatable bonds is 71. The molecule has 544 valence electrons. The van der Waals surface area contributed by atoms with E-state index in [9.17, 15) is 35.1 Å². The number of aliphatic hydroxyl groups excluding tert-OH is 5. The van der Waals surface area contributed by atoms with Gasteiger partial charge in [0.15, 0.2) is 6.29 Å². The van der Waals surface area contributed by atoms with Gasteiger partial charge in [-0.2, -0.15) is 0 Å². The molecule has 11 nitrogen and oxygen atoms in total. The van der Waals surface area contributed by atoms with E-state index < -0.39 is 49.5 Å². The van der Waals surface area contributed by atoms with Crippen LogP contribution < -0.4 is 5.32 Å². The Bertz CT molecular complexity index is 1730. The number of hydrogen-bond donors (Lipinski definition) is 6. The molecule has 1 aliphatic heterocycles. The Balaban J connectivity index is 1.87. The molecule has 1 aliphatic rings. The SMILES string of the molecule is CC/C=C/CC/C=C/CC/C=C/C(O)C(COC1OC(CO)C(O)C(O)C1O)NC(=O)CCCCCCCCCCCCCCCCCCC/C=C\C/C=C\CCCCCCCCCCCCCCCCCOC(=O)CCCCCCCCCCCCCCCCCC. The summed E-state index contributed by atoms with van der Waals surface area (Å²) in [7, 11) is 0. The quantitative estimate of drug-likeness (QED) is 0.0195. The third kappa shape index (κ3) is 59.2. The molecule has 0 aromatic heterocycles. The molecule has 0 radical (unpaired) electrons. The van der Waals surface area contributed by atoms with Crippen LogP contribution in [-0.2, 0) is 23.8 Å². The summed E-state index contributed by atoms with van der Waals surface area (Å²) in [5.41, 5.74) is 0. The maximum atomic E-state index is 13.0. The maximum absolute atomic E-state index is 13.0. The first kappa shape index (κ1) is 88.4. The van der Waals surface area contributed by atoms with Crippen LogP contribution >= 0.6 is 0 Å². The summed E-state index contributed by atoms with van der Waals surface area (Å²) in [5.74, 6) is -0.177. The van der Waals surface area contributed by atoms with Crippen LogP contribution in [0.3, 0.4) is 0 Å². The minimum absolute atomic E-state index is 0.0181. The van der Waals surface area contributed by atoms with Gasteiger partial charge in [0.2, 0.25) is 5.91 Å². The zero-order valence-electron chi connectivity index (χ0n) is 60.7. The first-order chi connectivity index (χ1) is 45.7. The second kappa shape index (κ2) is 70.7. The molecule has 7 atom stereocenters. The normalized spacial score (nSPS) is 17.8. The molecular formula is C82H151NO10. The van der Waals surface area contributed by atoms with E-state index in [1.165, 1.54) is 289 Å². The van der Waals surface area contributed by atoms with Crippen LogP contribution in [0.4, 0.5) is 0 Å². The fraction of sp³-hybridized carbons (Fsp3) is 0.854. The highest BCUT2D eigenvalue weighted by atomic mass is 16.7. The van der Waals surface area contributed by atoms with E-state index in [2.05, 4.69) is 67.8 Å². The van der Waals surface area contributed by atoms with Crippen molar-refractivity contribution in [3.63, 3.8) is 0 Å². The molecule has 11 heteroatoms. The van der Waals surface area contributed by atoms with Crippen molar-refractivity contribution in [1.82, 2.24) is 5.32 Å². The number of aliphatic hydroxyl groups is 5. The molecule has 1 heterocycles. The van der Waals surface area contributed by atoms with Crippen molar-refractivity contribution in [2.75, 3.05) is 19.8 Å². The largest absolute Gasteiger partial charge is 0.466 e. The van der Waals surface area contributed by atoms with Gasteiger partial charge in [0.1, 0.15) is 24.4 Å². The Morgan fingerprint density at radius 3 is 1.17 bits per heavy atom. The lowest BCUT2D eigenvalue weighted by Gasteiger charge is -2.40. The average molecular weight is 1310 g/mol. The highest BCUT2D eigenvalue weighted by Gasteiger charge is 2.44. The molecule has 1 amide bonds. The molecule has 1 fully saturated rings. The number of carbonyl (C=O) groups is 2. The average Bonchev–Trinajstić information content (AvgIpc) is 0.887. The molecule has 6 N–H and O–H groups in total. The summed E-state index contributed by atoms with van der Waals surface area (Å²) < 4.78 is 16.7. The van der Waals surface area contributed by atoms with Crippen LogP contribution in [0.2, 0.25) is 0 Å². The Morgan fingerprint density at radius 1 is 0.409 bits per heavy atom. The number of nitrogens with one attached hydrogen (secondary N) is 1. The van der Waals surface area contributed by atoms with E-state index in [0.29, 0.717) is 19.4 Å². The van der Waals surface area contributed by atoms with Gasteiger partial charge < -0.3 is 45.1 Å². The maximum Gasteiger partial charge on any atom is 0.305 e. The molecule has 0 bridgehead atoms. The predicted octanol–water partition coefficient (Wildman–Crippen LogP) is 21.6. The summed E-state index contributed by atoms with van der Waals surface area (Å²) in [6, 6.07) is -0.832. The Labute approximate surface area is 573 Å². The summed E-state index contributed by atoms with van der Waals surface area (Å²) in [6.07, 6.45) is 85.7. The minimum Gasteiger partial charge on any atom is -0.466 e. The van der Waals surface area contributed by atoms with Crippen molar-refractivity contribution in [1.29, 1.82) is 0 Å². The third-order valence-corrected chi connectivity index (χ3v) is 18.8. The van der Waals surface area contributed by atoms with Crippen molar-refractivity contribution >= 4 is 11.9 Å². The molecule has 0 aromatic rings. The Morgan fingerprint density at radius 2 is 0.763 bits per heavy atom. The van der Waals surface area contributed by atoms with Gasteiger partial charge in [-0.1, -0.05) is 351 Å². The van der Waals surface area contributed by atoms with Crippen LogP contribution in [0.1, 0.15) is 386 Å². The fourth-order valence-electron chi connectivity index (χ4n) is 12.6. The Hall–Kier alpha value is -2.64. The first-order valence-corrected chi connectivity index (χ1v) is 40.1. The van der Waals surface area contributed by atoms with E-state index in [1.54, 1.807) is 6.08 Å². The van der Waals surface area contributed by atoms with E-state index in [1.807, 2.05) is 6.08 Å². The van der Waals surface area contributed by atoms with Crippen LogP contribution in [-0.4, -0.2) is 100 Å². The molecule has 7 unspecified atom stereocenters. The van der Waals surface area contributed by atoms with Gasteiger partial charge >= 0.3 is 5.97 Å². The second-order valence-corrected chi connectivity index (χ2v) is 27.7. The van der Waals surface area contributed by atoms with Crippen molar-refractivity contribution in [3.8, 4) is 0 Å². The van der Waals surface area contributed by atoms with Gasteiger partial charge in [0.05, 0.1) is 32.0 Å². The van der Waals surface area contributed by atoms with Gasteiger partial charge in [-0.25, -0.2) is 0 Å². The fourth-order valence-corrected chi connectivity index (χ4v) is 12.6. The topological polar surface area (TPSA) is 175 Å². The molecular weight excluding hydrogens is 1160 g/mol. The molecule has 0 saturated carbocycles. The molecule has 93 heavy (non-hydrogen) atoms. The van der Waals surface area contributed by atoms with Crippen molar-refractivity contribution in [2.24, 2.45) is 0 Å². The highest BCUT2D eigenvalue weighted by molar-refractivity contribution is 5.76. The van der Waals surface area contributed by atoms with Gasteiger partial charge in [-0.05, 0) is 83.5 Å². The van der Waals surface area contributed by atoms with Gasteiger partial charge in [0, 0.05) is 12.8 Å². The smallest absolute Gasteiger partial charge is 0.305 e. The van der Waals surface area contributed by atoms with E-state index in [0.717, 1.165) is 70.6 Å². The minimum atomic E-state index is -1.58. The molecule has 1 saturated heterocycles. The van der Waals surface area contributed by atoms with Crippen LogP contribution in [0.25, 0.3) is 0 Å². The monoisotopic (exact) mass is 1310 g/mol. The van der Waals surface area contributed by atoms with Crippen LogP contribution in [0.5, 0.6) is 0 Å². The first-order valence-electron chi connectivity index (χ1n) is 40.1. The zero-order chi connectivity index (χ0) is 67.2. The number of amides is 1. The zero-order valence-corrected chi connectivity index (χ0v) is 60.7.